The summed E-state index contributed by atoms with van der Waals surface area (Å²) in [5.41, 5.74) is 5.69. The number of aryl methyl sites for hydroxylation is 1. The summed E-state index contributed by atoms with van der Waals surface area (Å²) in [6.45, 7) is 1.90. The Labute approximate surface area is 162 Å². The van der Waals surface area contributed by atoms with E-state index < -0.39 is 5.97 Å². The Hall–Kier alpha value is -2.80. The van der Waals surface area contributed by atoms with Crippen LogP contribution in [0.4, 0.5) is 0 Å². The second-order valence-corrected chi connectivity index (χ2v) is 6.64. The van der Waals surface area contributed by atoms with Crippen molar-refractivity contribution in [1.29, 1.82) is 0 Å². The van der Waals surface area contributed by atoms with E-state index in [9.17, 15) is 9.59 Å². The maximum Gasteiger partial charge on any atom is 0.343 e. The van der Waals surface area contributed by atoms with Crippen LogP contribution in [0, 0.1) is 6.92 Å². The number of methoxy groups -OCH3 is 1. The van der Waals surface area contributed by atoms with Gasteiger partial charge in [-0.3, -0.25) is 4.79 Å². The van der Waals surface area contributed by atoms with Gasteiger partial charge in [0.05, 0.1) is 19.1 Å². The lowest BCUT2D eigenvalue weighted by Gasteiger charge is -2.05. The molecule has 0 aliphatic rings. The molecule has 1 amide bonds. The van der Waals surface area contributed by atoms with Crippen molar-refractivity contribution in [3.8, 4) is 5.75 Å². The number of benzene rings is 2. The third-order valence-corrected chi connectivity index (χ3v) is 4.58. The summed E-state index contributed by atoms with van der Waals surface area (Å²) in [6.07, 6.45) is 1.52. The number of thioether (sulfide) groups is 1. The third kappa shape index (κ3) is 7.53. The van der Waals surface area contributed by atoms with E-state index in [0.717, 1.165) is 11.3 Å². The highest BCUT2D eigenvalue weighted by Gasteiger charge is 2.03. The molecule has 0 aromatic heterocycles. The van der Waals surface area contributed by atoms with Gasteiger partial charge in [-0.2, -0.15) is 5.10 Å². The van der Waals surface area contributed by atoms with Gasteiger partial charge in [-0.1, -0.05) is 36.4 Å². The van der Waals surface area contributed by atoms with E-state index in [2.05, 4.69) is 34.3 Å². The molecule has 0 atom stereocenters. The first-order valence-corrected chi connectivity index (χ1v) is 9.48. The molecule has 27 heavy (non-hydrogen) atoms. The standard InChI is InChI=1S/C20H22N2O4S/c1-15-6-3-4-8-17(15)13-27-14-19(23)22-21-11-16-7-5-9-18(10-16)26-12-20(24)25-2/h3-11H,12-14H2,1-2H3,(H,22,23)/b21-11-. The first-order valence-electron chi connectivity index (χ1n) is 8.32. The average Bonchev–Trinajstić information content (AvgIpc) is 2.68. The van der Waals surface area contributed by atoms with Crippen LogP contribution in [0.2, 0.25) is 0 Å². The second kappa shape index (κ2) is 11.0. The van der Waals surface area contributed by atoms with E-state index in [-0.39, 0.29) is 12.5 Å². The quantitative estimate of drug-likeness (QED) is 0.407. The van der Waals surface area contributed by atoms with Crippen LogP contribution in [0.15, 0.2) is 53.6 Å². The number of hydrogen-bond donors (Lipinski definition) is 1. The van der Waals surface area contributed by atoms with Crippen molar-refractivity contribution in [2.45, 2.75) is 12.7 Å². The molecule has 0 spiro atoms. The minimum absolute atomic E-state index is 0.161. The van der Waals surface area contributed by atoms with Gasteiger partial charge in [0.15, 0.2) is 6.61 Å². The van der Waals surface area contributed by atoms with E-state index in [0.29, 0.717) is 11.5 Å². The maximum absolute atomic E-state index is 11.9. The van der Waals surface area contributed by atoms with Gasteiger partial charge in [0.25, 0.3) is 0 Å². The molecule has 2 aromatic rings. The lowest BCUT2D eigenvalue weighted by atomic mass is 10.1. The van der Waals surface area contributed by atoms with Gasteiger partial charge in [0.1, 0.15) is 5.75 Å². The molecule has 0 fully saturated rings. The van der Waals surface area contributed by atoms with Crippen LogP contribution in [-0.2, 0) is 20.1 Å². The summed E-state index contributed by atoms with van der Waals surface area (Å²) < 4.78 is 9.83. The summed E-state index contributed by atoms with van der Waals surface area (Å²) in [5, 5.41) is 3.95. The molecule has 142 valence electrons. The summed E-state index contributed by atoms with van der Waals surface area (Å²) in [7, 11) is 1.30. The van der Waals surface area contributed by atoms with Gasteiger partial charge < -0.3 is 9.47 Å². The van der Waals surface area contributed by atoms with Gasteiger partial charge >= 0.3 is 5.97 Å². The maximum atomic E-state index is 11.9. The van der Waals surface area contributed by atoms with Crippen molar-refractivity contribution >= 4 is 29.9 Å². The van der Waals surface area contributed by atoms with E-state index in [1.165, 1.54) is 36.2 Å². The summed E-state index contributed by atoms with van der Waals surface area (Å²) in [6, 6.07) is 15.1. The van der Waals surface area contributed by atoms with Crippen molar-refractivity contribution in [3.05, 3.63) is 65.2 Å². The zero-order valence-electron chi connectivity index (χ0n) is 15.3. The van der Waals surface area contributed by atoms with Crippen LogP contribution in [0.1, 0.15) is 16.7 Å². The summed E-state index contributed by atoms with van der Waals surface area (Å²) in [5.74, 6) is 1.01. The van der Waals surface area contributed by atoms with Crippen LogP contribution in [-0.4, -0.2) is 37.6 Å². The predicted octanol–water partition coefficient (Wildman–Crippen LogP) is 2.93. The Morgan fingerprint density at radius 3 is 2.78 bits per heavy atom. The SMILES string of the molecule is COC(=O)COc1cccc(/C=N\NC(=O)CSCc2ccccc2C)c1. The summed E-state index contributed by atoms with van der Waals surface area (Å²) in [4.78, 5) is 23.0. The molecule has 0 heterocycles. The number of esters is 1. The number of carbonyl (C=O) groups is 2. The fourth-order valence-corrected chi connectivity index (χ4v) is 3.02. The molecule has 2 aromatic carbocycles. The first kappa shape index (κ1) is 20.5. The highest BCUT2D eigenvalue weighted by Crippen LogP contribution is 2.15. The smallest absolute Gasteiger partial charge is 0.343 e. The van der Waals surface area contributed by atoms with Crippen molar-refractivity contribution < 1.29 is 19.1 Å². The topological polar surface area (TPSA) is 77.0 Å². The van der Waals surface area contributed by atoms with Crippen LogP contribution in [0.3, 0.4) is 0 Å². The van der Waals surface area contributed by atoms with E-state index in [1.54, 1.807) is 18.2 Å². The predicted molar refractivity (Wildman–Crippen MR) is 107 cm³/mol. The van der Waals surface area contributed by atoms with Gasteiger partial charge in [-0.15, -0.1) is 11.8 Å². The normalized spacial score (nSPS) is 10.6. The number of ether oxygens (including phenoxy) is 2. The molecule has 0 radical (unpaired) electrons. The third-order valence-electron chi connectivity index (χ3n) is 3.60. The largest absolute Gasteiger partial charge is 0.482 e. The Bertz CT molecular complexity index is 808. The van der Waals surface area contributed by atoms with E-state index in [1.807, 2.05) is 18.2 Å². The van der Waals surface area contributed by atoms with Crippen molar-refractivity contribution in [3.63, 3.8) is 0 Å². The summed E-state index contributed by atoms with van der Waals surface area (Å²) >= 11 is 1.54. The Kier molecular flexibility index (Phi) is 8.38. The second-order valence-electron chi connectivity index (χ2n) is 5.65. The number of nitrogens with one attached hydrogen (secondary N) is 1. The van der Waals surface area contributed by atoms with Crippen LogP contribution in [0.25, 0.3) is 0 Å². The van der Waals surface area contributed by atoms with Crippen molar-refractivity contribution in [1.82, 2.24) is 5.43 Å². The Morgan fingerprint density at radius 1 is 1.19 bits per heavy atom. The van der Waals surface area contributed by atoms with Crippen molar-refractivity contribution in [2.24, 2.45) is 5.10 Å². The molecule has 6 nitrogen and oxygen atoms in total. The Balaban J connectivity index is 1.75. The monoisotopic (exact) mass is 386 g/mol. The average molecular weight is 386 g/mol. The minimum Gasteiger partial charge on any atom is -0.482 e. The highest BCUT2D eigenvalue weighted by molar-refractivity contribution is 7.99. The molecule has 0 bridgehead atoms. The van der Waals surface area contributed by atoms with Gasteiger partial charge in [-0.05, 0) is 35.7 Å². The molecule has 1 N–H and O–H groups in total. The number of rotatable bonds is 9. The lowest BCUT2D eigenvalue weighted by Crippen LogP contribution is -2.19. The van der Waals surface area contributed by atoms with Gasteiger partial charge in [0.2, 0.25) is 5.91 Å². The van der Waals surface area contributed by atoms with Crippen LogP contribution < -0.4 is 10.2 Å². The number of amides is 1. The van der Waals surface area contributed by atoms with Gasteiger partial charge in [0, 0.05) is 5.75 Å². The molecule has 0 aliphatic heterocycles. The van der Waals surface area contributed by atoms with E-state index in [4.69, 9.17) is 4.74 Å². The number of hydrazone groups is 1. The zero-order chi connectivity index (χ0) is 19.5. The number of hydrogen-bond acceptors (Lipinski definition) is 6. The Morgan fingerprint density at radius 2 is 2.00 bits per heavy atom. The molecular formula is C20H22N2O4S. The lowest BCUT2D eigenvalue weighted by molar-refractivity contribution is -0.142. The molecule has 0 aliphatic carbocycles. The van der Waals surface area contributed by atoms with Crippen LogP contribution in [0.5, 0.6) is 5.75 Å². The molecule has 0 saturated heterocycles. The highest BCUT2D eigenvalue weighted by atomic mass is 32.2. The molecular weight excluding hydrogens is 364 g/mol. The molecule has 7 heteroatoms. The fourth-order valence-electron chi connectivity index (χ4n) is 2.12. The number of carbonyl (C=O) groups excluding carboxylic acids is 2. The fraction of sp³-hybridized carbons (Fsp3) is 0.250. The molecule has 0 unspecified atom stereocenters. The first-order chi connectivity index (χ1) is 13.1. The molecule has 0 saturated carbocycles. The number of nitrogens with zero attached hydrogens (tertiary/aromatic N) is 1. The van der Waals surface area contributed by atoms with Crippen LogP contribution >= 0.6 is 11.8 Å². The van der Waals surface area contributed by atoms with Gasteiger partial charge in [-0.25, -0.2) is 10.2 Å². The zero-order valence-corrected chi connectivity index (χ0v) is 16.1. The van der Waals surface area contributed by atoms with Crippen molar-refractivity contribution in [2.75, 3.05) is 19.5 Å². The molecule has 2 rings (SSSR count). The van der Waals surface area contributed by atoms with E-state index >= 15 is 0 Å². The minimum atomic E-state index is -0.454.